The van der Waals surface area contributed by atoms with Crippen LogP contribution in [0.3, 0.4) is 0 Å². The lowest BCUT2D eigenvalue weighted by molar-refractivity contribution is 0.107. The predicted octanol–water partition coefficient (Wildman–Crippen LogP) is 3.01. The molecule has 2 aliphatic heterocycles. The van der Waals surface area contributed by atoms with Crippen LogP contribution in [0.1, 0.15) is 36.8 Å². The molecule has 0 radical (unpaired) electrons. The molecule has 2 fully saturated rings. The highest BCUT2D eigenvalue weighted by Gasteiger charge is 2.26. The van der Waals surface area contributed by atoms with Crippen molar-refractivity contribution in [2.75, 3.05) is 44.9 Å². The second kappa shape index (κ2) is 13.3. The number of halogens is 1. The average Bonchev–Trinajstić information content (AvgIpc) is 3.49. The van der Waals surface area contributed by atoms with E-state index in [4.69, 9.17) is 16.3 Å². The molecule has 3 aromatic rings. The van der Waals surface area contributed by atoms with E-state index in [0.717, 1.165) is 18.4 Å². The summed E-state index contributed by atoms with van der Waals surface area (Å²) in [5, 5.41) is 21.5. The van der Waals surface area contributed by atoms with E-state index in [1.165, 1.54) is 23.9 Å². The highest BCUT2D eigenvalue weighted by Crippen LogP contribution is 2.27. The fourth-order valence-corrected chi connectivity index (χ4v) is 6.56. The number of hydrogen-bond acceptors (Lipinski definition) is 10. The molecule has 15 heteroatoms. The van der Waals surface area contributed by atoms with Gasteiger partial charge in [-0.05, 0) is 43.4 Å². The summed E-state index contributed by atoms with van der Waals surface area (Å²) in [4.78, 5) is 22.5. The molecule has 0 aliphatic carbocycles. The topological polar surface area (TPSA) is 158 Å². The number of carbonyl (C=O) groups is 1. The average molecular weight is 628 g/mol. The van der Waals surface area contributed by atoms with Crippen molar-refractivity contribution in [3.05, 3.63) is 52.9 Å². The summed E-state index contributed by atoms with van der Waals surface area (Å²) < 4.78 is 31.6. The zero-order chi connectivity index (χ0) is 30.6. The van der Waals surface area contributed by atoms with Crippen molar-refractivity contribution in [3.63, 3.8) is 0 Å². The summed E-state index contributed by atoms with van der Waals surface area (Å²) in [5.74, 6) is 0.363. The predicted molar refractivity (Wildman–Crippen MR) is 161 cm³/mol. The Labute approximate surface area is 255 Å². The van der Waals surface area contributed by atoms with Crippen LogP contribution in [0.25, 0.3) is 16.9 Å². The van der Waals surface area contributed by atoms with Gasteiger partial charge in [-0.1, -0.05) is 17.7 Å². The smallest absolute Gasteiger partial charge is 0.409 e. The first-order chi connectivity index (χ1) is 20.6. The van der Waals surface area contributed by atoms with Crippen molar-refractivity contribution in [3.8, 4) is 23.0 Å². The summed E-state index contributed by atoms with van der Waals surface area (Å²) in [7, 11) is -1.82. The van der Waals surface area contributed by atoms with Crippen molar-refractivity contribution in [2.45, 2.75) is 44.3 Å². The number of carbonyl (C=O) groups excluding carboxylic acids is 1. The first-order valence-corrected chi connectivity index (χ1v) is 16.3. The molecule has 2 N–H and O–H groups in total. The van der Waals surface area contributed by atoms with Crippen molar-refractivity contribution in [2.24, 2.45) is 0 Å². The Morgan fingerprint density at radius 3 is 2.67 bits per heavy atom. The van der Waals surface area contributed by atoms with Crippen LogP contribution in [0.15, 0.2) is 36.8 Å². The van der Waals surface area contributed by atoms with Gasteiger partial charge >= 0.3 is 6.09 Å². The maximum Gasteiger partial charge on any atom is 0.409 e. The summed E-state index contributed by atoms with van der Waals surface area (Å²) in [6.07, 6.45) is 8.91. The molecule has 228 valence electrons. The fourth-order valence-electron chi connectivity index (χ4n) is 5.39. The van der Waals surface area contributed by atoms with Gasteiger partial charge in [-0.2, -0.15) is 10.4 Å². The zero-order valence-electron chi connectivity index (χ0n) is 24.0. The molecule has 0 spiro atoms. The minimum absolute atomic E-state index is 0.0122. The van der Waals surface area contributed by atoms with Crippen LogP contribution < -0.4 is 10.6 Å². The van der Waals surface area contributed by atoms with E-state index in [9.17, 15) is 18.5 Å². The van der Waals surface area contributed by atoms with E-state index in [1.807, 2.05) is 18.2 Å². The van der Waals surface area contributed by atoms with Gasteiger partial charge in [-0.15, -0.1) is 0 Å². The number of amides is 1. The molecule has 2 aliphatic rings. The highest BCUT2D eigenvalue weighted by molar-refractivity contribution is 7.88. The first-order valence-electron chi connectivity index (χ1n) is 14.0. The van der Waals surface area contributed by atoms with Crippen molar-refractivity contribution >= 4 is 33.7 Å². The molecule has 4 heterocycles. The minimum atomic E-state index is -3.21. The van der Waals surface area contributed by atoms with Gasteiger partial charge in [0.15, 0.2) is 0 Å². The highest BCUT2D eigenvalue weighted by atomic mass is 35.5. The summed E-state index contributed by atoms with van der Waals surface area (Å²) in [6, 6.07) is 8.07. The van der Waals surface area contributed by atoms with Crippen molar-refractivity contribution in [1.82, 2.24) is 34.3 Å². The number of nitriles is 1. The quantitative estimate of drug-likeness (QED) is 0.380. The molecule has 5 rings (SSSR count). The van der Waals surface area contributed by atoms with E-state index in [1.54, 1.807) is 22.0 Å². The number of aromatic nitrogens is 4. The zero-order valence-corrected chi connectivity index (χ0v) is 25.6. The third kappa shape index (κ3) is 7.42. The fraction of sp³-hybridized carbons (Fsp3) is 0.464. The van der Waals surface area contributed by atoms with Crippen molar-refractivity contribution in [1.29, 1.82) is 5.26 Å². The Kier molecular flexibility index (Phi) is 9.46. The molecule has 1 atom stereocenters. The number of anilines is 1. The number of ether oxygens (including phenoxy) is 1. The number of likely N-dealkylation sites (tertiary alicyclic amines) is 1. The van der Waals surface area contributed by atoms with E-state index in [0.29, 0.717) is 79.0 Å². The molecule has 0 bridgehead atoms. The van der Waals surface area contributed by atoms with Crippen LogP contribution in [0.2, 0.25) is 5.02 Å². The van der Waals surface area contributed by atoms with Gasteiger partial charge in [0.25, 0.3) is 0 Å². The number of piperidine rings is 2. The Balaban J connectivity index is 1.25. The van der Waals surface area contributed by atoms with Crippen LogP contribution >= 0.6 is 11.6 Å². The Morgan fingerprint density at radius 1 is 1.19 bits per heavy atom. The maximum atomic E-state index is 11.9. The molecule has 2 aromatic heterocycles. The summed E-state index contributed by atoms with van der Waals surface area (Å²) in [6.45, 7) is 2.75. The van der Waals surface area contributed by atoms with Gasteiger partial charge in [-0.3, -0.25) is 0 Å². The molecular formula is C28H34ClN9O4S. The van der Waals surface area contributed by atoms with Gasteiger partial charge in [0.05, 0.1) is 47.7 Å². The van der Waals surface area contributed by atoms with Crippen LogP contribution in [0.5, 0.6) is 0 Å². The number of rotatable bonds is 8. The van der Waals surface area contributed by atoms with Crippen molar-refractivity contribution < 1.29 is 17.9 Å². The third-order valence-electron chi connectivity index (χ3n) is 7.73. The maximum absolute atomic E-state index is 11.9. The Bertz CT molecular complexity index is 1620. The first kappa shape index (κ1) is 30.7. The van der Waals surface area contributed by atoms with Crippen LogP contribution in [-0.2, 0) is 21.3 Å². The number of methoxy groups -OCH3 is 1. The summed E-state index contributed by atoms with van der Waals surface area (Å²) in [5.41, 5.74) is 3.04. The molecular weight excluding hydrogens is 594 g/mol. The molecule has 2 saturated heterocycles. The van der Waals surface area contributed by atoms with Gasteiger partial charge in [0.1, 0.15) is 6.07 Å². The Morgan fingerprint density at radius 2 is 1.98 bits per heavy atom. The van der Waals surface area contributed by atoms with Gasteiger partial charge in [-0.25, -0.2) is 32.2 Å². The molecule has 43 heavy (non-hydrogen) atoms. The van der Waals surface area contributed by atoms with Crippen LogP contribution in [0, 0.1) is 11.3 Å². The van der Waals surface area contributed by atoms with Gasteiger partial charge in [0.2, 0.25) is 16.0 Å². The molecule has 0 unspecified atom stereocenters. The van der Waals surface area contributed by atoms with E-state index >= 15 is 0 Å². The van der Waals surface area contributed by atoms with E-state index in [-0.39, 0.29) is 18.2 Å². The number of nitrogens with zero attached hydrogens (tertiary/aromatic N) is 7. The second-order valence-corrected chi connectivity index (χ2v) is 13.1. The van der Waals surface area contributed by atoms with E-state index < -0.39 is 10.0 Å². The number of nitrogens with one attached hydrogen (secondary N) is 2. The lowest BCUT2D eigenvalue weighted by Crippen LogP contribution is -2.47. The molecule has 13 nitrogen and oxygen atoms in total. The molecule has 1 amide bonds. The molecule has 0 saturated carbocycles. The summed E-state index contributed by atoms with van der Waals surface area (Å²) >= 11 is 6.67. The lowest BCUT2D eigenvalue weighted by atomic mass is 10.1. The lowest BCUT2D eigenvalue weighted by Gasteiger charge is -2.32. The monoisotopic (exact) mass is 627 g/mol. The number of hydrogen-bond donors (Lipinski definition) is 2. The second-order valence-electron chi connectivity index (χ2n) is 10.7. The third-order valence-corrected chi connectivity index (χ3v) is 9.34. The van der Waals surface area contributed by atoms with Gasteiger partial charge < -0.3 is 20.3 Å². The Hall–Kier alpha value is -3.77. The van der Waals surface area contributed by atoms with E-state index in [2.05, 4.69) is 31.8 Å². The molecule has 1 aromatic carbocycles. The normalized spacial score (nSPS) is 18.3. The minimum Gasteiger partial charge on any atom is -0.453 e. The van der Waals surface area contributed by atoms with Crippen LogP contribution in [0.4, 0.5) is 10.7 Å². The van der Waals surface area contributed by atoms with Gasteiger partial charge in [0, 0.05) is 56.6 Å². The SMILES string of the molecule is COC(=O)N1CCC[C@H](NCc2ccc(-n3cc(-c4nc(NC5CCN(S(C)(=O)=O)CC5)ncc4C#N)cn3)c(Cl)c2)C1. The number of benzene rings is 1. The van der Waals surface area contributed by atoms with Crippen LogP contribution in [-0.4, -0.2) is 95.1 Å². The standard InChI is InChI=1S/C28H34ClN9O4S/c1-42-28(39)36-9-3-4-23(18-36)31-14-19-5-6-25(24(29)12-19)38-17-21(16-33-38)26-20(13-30)15-32-27(35-26)34-22-7-10-37(11-8-22)43(2,40)41/h5-6,12,15-17,22-23,31H,3-4,7-11,14,18H2,1-2H3,(H,32,34,35)/t23-/m0/s1. The number of sulfonamides is 1. The largest absolute Gasteiger partial charge is 0.453 e.